The normalized spacial score (nSPS) is 28.9. The number of hydrogen-bond acceptors (Lipinski definition) is 5. The van der Waals surface area contributed by atoms with Crippen LogP contribution in [0, 0.1) is 0 Å². The van der Waals surface area contributed by atoms with Gasteiger partial charge in [-0.25, -0.2) is 0 Å². The molecule has 0 amide bonds. The molecular formula is C10H15NOS3. The lowest BCUT2D eigenvalue weighted by Gasteiger charge is -2.31. The minimum absolute atomic E-state index is 0.224. The van der Waals surface area contributed by atoms with Gasteiger partial charge in [-0.15, -0.1) is 11.3 Å². The average molecular weight is 261 g/mol. The molecule has 1 N–H and O–H groups in total. The molecule has 1 aromatic rings. The van der Waals surface area contributed by atoms with Gasteiger partial charge in [0, 0.05) is 39.5 Å². The molecule has 0 aliphatic carbocycles. The maximum atomic E-state index is 10.2. The summed E-state index contributed by atoms with van der Waals surface area (Å²) in [5.41, 5.74) is 1.83. The van der Waals surface area contributed by atoms with Gasteiger partial charge in [0.15, 0.2) is 0 Å². The third-order valence-electron chi connectivity index (χ3n) is 2.51. The van der Waals surface area contributed by atoms with Gasteiger partial charge in [-0.2, -0.15) is 23.5 Å². The van der Waals surface area contributed by atoms with Crippen molar-refractivity contribution < 1.29 is 5.11 Å². The summed E-state index contributed by atoms with van der Waals surface area (Å²) in [6, 6.07) is 0. The van der Waals surface area contributed by atoms with Crippen LogP contribution < -0.4 is 0 Å². The molecule has 2 nitrogen and oxygen atoms in total. The minimum Gasteiger partial charge on any atom is -0.392 e. The van der Waals surface area contributed by atoms with Crippen LogP contribution in [-0.4, -0.2) is 38.2 Å². The van der Waals surface area contributed by atoms with E-state index >= 15 is 0 Å². The zero-order valence-corrected chi connectivity index (χ0v) is 11.1. The second-order valence-electron chi connectivity index (χ2n) is 3.65. The molecule has 1 saturated heterocycles. The molecule has 1 aromatic heterocycles. The van der Waals surface area contributed by atoms with Gasteiger partial charge in [0.05, 0.1) is 11.6 Å². The maximum Gasteiger partial charge on any atom is 0.0794 e. The molecule has 0 saturated carbocycles. The van der Waals surface area contributed by atoms with Crippen molar-refractivity contribution in [3.63, 3.8) is 0 Å². The summed E-state index contributed by atoms with van der Waals surface area (Å²) in [7, 11) is 0. The van der Waals surface area contributed by atoms with Crippen LogP contribution in [0.25, 0.3) is 0 Å². The number of thioether (sulfide) groups is 2. The van der Waals surface area contributed by atoms with Gasteiger partial charge in [0.1, 0.15) is 0 Å². The molecule has 0 spiro atoms. The number of thiazole rings is 1. The summed E-state index contributed by atoms with van der Waals surface area (Å²) >= 11 is 5.52. The van der Waals surface area contributed by atoms with E-state index in [1.165, 1.54) is 16.4 Å². The standard InChI is InChI=1S/C10H15NOS3/c1-7-10(14-3-2-13-7)9(12)4-8-5-11-6-15-8/h5-7,9-10,12H,2-4H2,1H3. The summed E-state index contributed by atoms with van der Waals surface area (Å²) in [5.74, 6) is 2.38. The molecule has 3 atom stereocenters. The number of aliphatic hydroxyl groups is 1. The van der Waals surface area contributed by atoms with Crippen molar-refractivity contribution in [1.29, 1.82) is 0 Å². The van der Waals surface area contributed by atoms with E-state index in [0.717, 1.165) is 6.42 Å². The van der Waals surface area contributed by atoms with E-state index in [0.29, 0.717) is 10.5 Å². The van der Waals surface area contributed by atoms with Crippen LogP contribution in [-0.2, 0) is 6.42 Å². The van der Waals surface area contributed by atoms with Crippen molar-refractivity contribution in [2.75, 3.05) is 11.5 Å². The van der Waals surface area contributed by atoms with Crippen molar-refractivity contribution in [2.24, 2.45) is 0 Å². The molecule has 1 aliphatic heterocycles. The Hall–Kier alpha value is 0.290. The third-order valence-corrected chi connectivity index (χ3v) is 6.55. The molecule has 5 heteroatoms. The number of aromatic nitrogens is 1. The SMILES string of the molecule is CC1SCCSC1C(O)Cc1cncs1. The molecule has 1 aliphatic rings. The van der Waals surface area contributed by atoms with Gasteiger partial charge in [0.25, 0.3) is 0 Å². The predicted molar refractivity (Wildman–Crippen MR) is 70.0 cm³/mol. The molecule has 84 valence electrons. The van der Waals surface area contributed by atoms with Crippen molar-refractivity contribution in [3.05, 3.63) is 16.6 Å². The van der Waals surface area contributed by atoms with Crippen LogP contribution in [0.5, 0.6) is 0 Å². The number of rotatable bonds is 3. The fourth-order valence-corrected chi connectivity index (χ4v) is 5.23. The molecular weight excluding hydrogens is 246 g/mol. The van der Waals surface area contributed by atoms with E-state index in [4.69, 9.17) is 0 Å². The van der Waals surface area contributed by atoms with E-state index < -0.39 is 0 Å². The van der Waals surface area contributed by atoms with E-state index in [2.05, 4.69) is 11.9 Å². The quantitative estimate of drug-likeness (QED) is 0.905. The Bertz CT molecular complexity index is 291. The fourth-order valence-electron chi connectivity index (χ4n) is 1.74. The molecule has 0 bridgehead atoms. The Balaban J connectivity index is 1.91. The summed E-state index contributed by atoms with van der Waals surface area (Å²) in [6.45, 7) is 2.22. The van der Waals surface area contributed by atoms with Gasteiger partial charge in [0.2, 0.25) is 0 Å². The highest BCUT2D eigenvalue weighted by Crippen LogP contribution is 2.34. The first kappa shape index (κ1) is 11.8. The zero-order valence-electron chi connectivity index (χ0n) is 8.63. The summed E-state index contributed by atoms with van der Waals surface area (Å²) in [5, 5.41) is 11.1. The van der Waals surface area contributed by atoms with Gasteiger partial charge in [-0.05, 0) is 0 Å². The van der Waals surface area contributed by atoms with Crippen LogP contribution in [0.1, 0.15) is 11.8 Å². The van der Waals surface area contributed by atoms with Gasteiger partial charge in [-0.1, -0.05) is 6.92 Å². The van der Waals surface area contributed by atoms with Crippen LogP contribution in [0.15, 0.2) is 11.7 Å². The number of aliphatic hydroxyl groups excluding tert-OH is 1. The Kier molecular flexibility index (Phi) is 4.37. The number of nitrogens with zero attached hydrogens (tertiary/aromatic N) is 1. The van der Waals surface area contributed by atoms with Gasteiger partial charge >= 0.3 is 0 Å². The second-order valence-corrected chi connectivity index (χ2v) is 7.39. The lowest BCUT2D eigenvalue weighted by Crippen LogP contribution is -2.35. The van der Waals surface area contributed by atoms with Crippen LogP contribution in [0.3, 0.4) is 0 Å². The topological polar surface area (TPSA) is 33.1 Å². The Labute approximate surface area is 103 Å². The monoisotopic (exact) mass is 261 g/mol. The van der Waals surface area contributed by atoms with Crippen molar-refractivity contribution in [3.8, 4) is 0 Å². The Morgan fingerprint density at radius 1 is 1.53 bits per heavy atom. The van der Waals surface area contributed by atoms with Crippen molar-refractivity contribution in [2.45, 2.75) is 29.9 Å². The minimum atomic E-state index is -0.224. The lowest BCUT2D eigenvalue weighted by molar-refractivity contribution is 0.172. The van der Waals surface area contributed by atoms with Crippen LogP contribution in [0.2, 0.25) is 0 Å². The number of hydrogen-bond donors (Lipinski definition) is 1. The van der Waals surface area contributed by atoms with Crippen molar-refractivity contribution >= 4 is 34.9 Å². The lowest BCUT2D eigenvalue weighted by atomic mass is 10.1. The van der Waals surface area contributed by atoms with Crippen molar-refractivity contribution in [1.82, 2.24) is 4.98 Å². The molecule has 0 radical (unpaired) electrons. The third kappa shape index (κ3) is 3.12. The molecule has 3 unspecified atom stereocenters. The predicted octanol–water partition coefficient (Wildman–Crippen LogP) is 2.28. The zero-order chi connectivity index (χ0) is 10.7. The largest absolute Gasteiger partial charge is 0.392 e. The molecule has 2 heterocycles. The molecule has 1 fully saturated rings. The highest BCUT2D eigenvalue weighted by molar-refractivity contribution is 8.07. The van der Waals surface area contributed by atoms with E-state index in [-0.39, 0.29) is 6.10 Å². The first-order valence-electron chi connectivity index (χ1n) is 5.06. The molecule has 2 rings (SSSR count). The molecule has 15 heavy (non-hydrogen) atoms. The van der Waals surface area contributed by atoms with E-state index in [1.54, 1.807) is 11.3 Å². The summed E-state index contributed by atoms with van der Waals surface area (Å²) in [4.78, 5) is 5.22. The van der Waals surface area contributed by atoms with Gasteiger partial charge < -0.3 is 5.11 Å². The van der Waals surface area contributed by atoms with Gasteiger partial charge in [-0.3, -0.25) is 4.98 Å². The average Bonchev–Trinajstić information content (AvgIpc) is 2.71. The Morgan fingerprint density at radius 3 is 3.00 bits per heavy atom. The highest BCUT2D eigenvalue weighted by Gasteiger charge is 2.29. The van der Waals surface area contributed by atoms with Crippen LogP contribution >= 0.6 is 34.9 Å². The van der Waals surface area contributed by atoms with E-state index in [9.17, 15) is 5.11 Å². The fraction of sp³-hybridized carbons (Fsp3) is 0.700. The van der Waals surface area contributed by atoms with E-state index in [1.807, 2.05) is 35.2 Å². The van der Waals surface area contributed by atoms with Crippen LogP contribution in [0.4, 0.5) is 0 Å². The first-order valence-corrected chi connectivity index (χ1v) is 8.03. The summed E-state index contributed by atoms with van der Waals surface area (Å²) in [6.07, 6.45) is 2.39. The second kappa shape index (κ2) is 5.57. The summed E-state index contributed by atoms with van der Waals surface area (Å²) < 4.78 is 0. The smallest absolute Gasteiger partial charge is 0.0794 e. The maximum absolute atomic E-state index is 10.2. The Morgan fingerprint density at radius 2 is 2.33 bits per heavy atom. The highest BCUT2D eigenvalue weighted by atomic mass is 32.2. The molecule has 0 aromatic carbocycles. The first-order chi connectivity index (χ1) is 7.27.